The first-order valence-corrected chi connectivity index (χ1v) is 11.7. The fourth-order valence-electron chi connectivity index (χ4n) is 4.61. The Hall–Kier alpha value is -3.18. The van der Waals surface area contributed by atoms with Crippen molar-refractivity contribution < 1.29 is 12.4 Å². The van der Waals surface area contributed by atoms with Gasteiger partial charge in [0.1, 0.15) is 5.16 Å². The van der Waals surface area contributed by atoms with Gasteiger partial charge in [0.15, 0.2) is 0 Å². The summed E-state index contributed by atoms with van der Waals surface area (Å²) in [5.74, 6) is 0. The van der Waals surface area contributed by atoms with Crippen LogP contribution in [0, 0.1) is 0 Å². The molecule has 0 saturated carbocycles. The second kappa shape index (κ2) is 10.2. The monoisotopic (exact) mass is 464 g/mol. The molecule has 0 nitrogen and oxygen atoms in total. The van der Waals surface area contributed by atoms with Gasteiger partial charge in [0, 0.05) is 16.7 Å². The minimum Gasteiger partial charge on any atom is -1.00 e. The van der Waals surface area contributed by atoms with Crippen LogP contribution in [0.1, 0.15) is 16.7 Å². The van der Waals surface area contributed by atoms with E-state index in [4.69, 9.17) is 0 Å². The highest BCUT2D eigenvalue weighted by atomic mass is 35.5. The van der Waals surface area contributed by atoms with Gasteiger partial charge >= 0.3 is 0 Å². The molecule has 0 heterocycles. The second-order valence-electron chi connectivity index (χ2n) is 8.10. The van der Waals surface area contributed by atoms with E-state index in [1.54, 1.807) is 0 Å². The Kier molecular flexibility index (Phi) is 7.09. The molecule has 2 heteroatoms. The van der Waals surface area contributed by atoms with E-state index in [0.29, 0.717) is 0 Å². The maximum Gasteiger partial charge on any atom is 0.148 e. The predicted molar refractivity (Wildman–Crippen MR) is 141 cm³/mol. The van der Waals surface area contributed by atoms with Crippen LogP contribution >= 0.6 is 9.24 Å². The van der Waals surface area contributed by atoms with Gasteiger partial charge < -0.3 is 12.4 Å². The van der Waals surface area contributed by atoms with Crippen molar-refractivity contribution in [3.63, 3.8) is 0 Å². The summed E-state index contributed by atoms with van der Waals surface area (Å²) in [6.07, 6.45) is 0. The molecular formula is C31H26ClP. The van der Waals surface area contributed by atoms with E-state index in [1.807, 2.05) is 0 Å². The van der Waals surface area contributed by atoms with E-state index in [1.165, 1.54) is 38.9 Å². The Morgan fingerprint density at radius 3 is 1.33 bits per heavy atom. The number of hydrogen-bond donors (Lipinski definition) is 0. The topological polar surface area (TPSA) is 0 Å². The third-order valence-corrected chi connectivity index (χ3v) is 7.40. The van der Waals surface area contributed by atoms with E-state index in [2.05, 4.69) is 149 Å². The lowest BCUT2D eigenvalue weighted by Gasteiger charge is -2.30. The zero-order valence-corrected chi connectivity index (χ0v) is 20.5. The van der Waals surface area contributed by atoms with Crippen molar-refractivity contribution >= 4 is 9.24 Å². The van der Waals surface area contributed by atoms with E-state index < -0.39 is 0 Å². The van der Waals surface area contributed by atoms with Crippen LogP contribution in [0.25, 0.3) is 22.3 Å². The lowest BCUT2D eigenvalue weighted by atomic mass is 9.78. The van der Waals surface area contributed by atoms with Crippen LogP contribution in [0.4, 0.5) is 0 Å². The molecule has 5 aromatic rings. The Morgan fingerprint density at radius 2 is 0.848 bits per heavy atom. The highest BCUT2D eigenvalue weighted by Crippen LogP contribution is 2.50. The lowest BCUT2D eigenvalue weighted by molar-refractivity contribution is -0.00000599. The second-order valence-corrected chi connectivity index (χ2v) is 9.16. The van der Waals surface area contributed by atoms with E-state index in [0.717, 1.165) is 0 Å². The van der Waals surface area contributed by atoms with E-state index in [-0.39, 0.29) is 17.6 Å². The summed E-state index contributed by atoms with van der Waals surface area (Å²) in [4.78, 5) is 0. The summed E-state index contributed by atoms with van der Waals surface area (Å²) in [5.41, 5.74) is 8.95. The summed E-state index contributed by atoms with van der Waals surface area (Å²) < 4.78 is 0. The normalized spacial score (nSPS) is 11.0. The minimum absolute atomic E-state index is 0. The van der Waals surface area contributed by atoms with Crippen LogP contribution in [0.5, 0.6) is 0 Å². The fourth-order valence-corrected chi connectivity index (χ4v) is 5.37. The van der Waals surface area contributed by atoms with Crippen molar-refractivity contribution in [2.45, 2.75) is 5.16 Å². The Bertz CT molecular complexity index is 1260. The molecule has 0 aliphatic rings. The molecule has 0 aromatic heterocycles. The van der Waals surface area contributed by atoms with Gasteiger partial charge in [-0.15, -0.1) is 0 Å². The third kappa shape index (κ3) is 4.38. The van der Waals surface area contributed by atoms with Crippen LogP contribution in [-0.2, 0) is 5.16 Å². The number of benzene rings is 5. The SMILES string of the molecule is [Cl-].[PH3+]C(c1ccccc1)(c1ccccc1)c1cccc(-c2ccccc2)c1-c1ccccc1. The molecular weight excluding hydrogens is 439 g/mol. The van der Waals surface area contributed by atoms with Gasteiger partial charge in [0.25, 0.3) is 0 Å². The quantitative estimate of drug-likeness (QED) is 0.256. The van der Waals surface area contributed by atoms with Crippen molar-refractivity contribution in [3.8, 4) is 22.3 Å². The molecule has 0 aliphatic heterocycles. The molecule has 1 atom stereocenters. The van der Waals surface area contributed by atoms with Crippen molar-refractivity contribution in [2.75, 3.05) is 0 Å². The van der Waals surface area contributed by atoms with Gasteiger partial charge in [-0.25, -0.2) is 0 Å². The molecule has 33 heavy (non-hydrogen) atoms. The minimum atomic E-state index is -0.279. The molecule has 0 fully saturated rings. The van der Waals surface area contributed by atoms with Gasteiger partial charge in [-0.1, -0.05) is 140 Å². The first-order chi connectivity index (χ1) is 15.8. The predicted octanol–water partition coefficient (Wildman–Crippen LogP) is 4.92. The molecule has 0 radical (unpaired) electrons. The van der Waals surface area contributed by atoms with Crippen molar-refractivity contribution in [3.05, 3.63) is 156 Å². The van der Waals surface area contributed by atoms with Crippen molar-refractivity contribution in [1.82, 2.24) is 0 Å². The Morgan fingerprint density at radius 1 is 0.424 bits per heavy atom. The third-order valence-electron chi connectivity index (χ3n) is 6.20. The Balaban J connectivity index is 0.00000259. The van der Waals surface area contributed by atoms with Gasteiger partial charge in [-0.05, 0) is 31.5 Å². The Labute approximate surface area is 205 Å². The molecule has 0 amide bonds. The molecule has 5 rings (SSSR count). The molecule has 0 spiro atoms. The van der Waals surface area contributed by atoms with Gasteiger partial charge in [-0.3, -0.25) is 0 Å². The van der Waals surface area contributed by atoms with Crippen LogP contribution in [-0.4, -0.2) is 0 Å². The maximum atomic E-state index is 2.31. The van der Waals surface area contributed by atoms with Crippen LogP contribution in [0.15, 0.2) is 140 Å². The zero-order chi connectivity index (χ0) is 21.8. The molecule has 0 N–H and O–H groups in total. The lowest BCUT2D eigenvalue weighted by Crippen LogP contribution is -3.00. The van der Waals surface area contributed by atoms with Gasteiger partial charge in [0.05, 0.1) is 0 Å². The molecule has 5 aromatic carbocycles. The fraction of sp³-hybridized carbons (Fsp3) is 0.0323. The van der Waals surface area contributed by atoms with E-state index in [9.17, 15) is 0 Å². The number of rotatable bonds is 5. The molecule has 162 valence electrons. The highest BCUT2D eigenvalue weighted by Gasteiger charge is 2.39. The zero-order valence-electron chi connectivity index (χ0n) is 18.4. The average Bonchev–Trinajstić information content (AvgIpc) is 2.90. The molecule has 0 saturated heterocycles. The van der Waals surface area contributed by atoms with Crippen LogP contribution < -0.4 is 12.4 Å². The average molecular weight is 465 g/mol. The molecule has 1 unspecified atom stereocenters. The van der Waals surface area contributed by atoms with Crippen LogP contribution in [0.2, 0.25) is 0 Å². The van der Waals surface area contributed by atoms with Crippen molar-refractivity contribution in [1.29, 1.82) is 0 Å². The summed E-state index contributed by atoms with van der Waals surface area (Å²) in [6, 6.07) is 50.1. The summed E-state index contributed by atoms with van der Waals surface area (Å²) in [6.45, 7) is 0. The summed E-state index contributed by atoms with van der Waals surface area (Å²) >= 11 is 0. The highest BCUT2D eigenvalue weighted by molar-refractivity contribution is 7.19. The standard InChI is InChI=1S/C31H25P.ClH/c32-31(26-18-9-3-10-19-26,27-20-11-4-12-21-27)29-23-13-22-28(24-14-5-1-6-15-24)30(29)25-16-7-2-8-17-25;/h1-23H,32H2;1H. The first-order valence-electron chi connectivity index (χ1n) is 11.0. The molecule has 0 aliphatic carbocycles. The summed E-state index contributed by atoms with van der Waals surface area (Å²) in [7, 11) is 2.07. The number of hydrogen-bond acceptors (Lipinski definition) is 0. The smallest absolute Gasteiger partial charge is 0.148 e. The van der Waals surface area contributed by atoms with Gasteiger partial charge in [-0.2, -0.15) is 0 Å². The molecule has 0 bridgehead atoms. The van der Waals surface area contributed by atoms with Crippen molar-refractivity contribution in [2.24, 2.45) is 0 Å². The van der Waals surface area contributed by atoms with Crippen LogP contribution in [0.3, 0.4) is 0 Å². The maximum absolute atomic E-state index is 2.31. The first kappa shape index (κ1) is 23.0. The van der Waals surface area contributed by atoms with E-state index >= 15 is 0 Å². The largest absolute Gasteiger partial charge is 1.00 e. The summed E-state index contributed by atoms with van der Waals surface area (Å²) in [5, 5.41) is -0.279. The number of halogens is 1. The van der Waals surface area contributed by atoms with Gasteiger partial charge in [0.2, 0.25) is 0 Å².